The lowest BCUT2D eigenvalue weighted by Crippen LogP contribution is -2.19. The third-order valence-electron chi connectivity index (χ3n) is 5.17. The van der Waals surface area contributed by atoms with Gasteiger partial charge in [0.2, 0.25) is 0 Å². The van der Waals surface area contributed by atoms with Gasteiger partial charge in [-0.05, 0) is 47.9 Å². The summed E-state index contributed by atoms with van der Waals surface area (Å²) in [5.41, 5.74) is 3.79. The Labute approximate surface area is 167 Å². The van der Waals surface area contributed by atoms with E-state index in [9.17, 15) is 4.79 Å². The van der Waals surface area contributed by atoms with Gasteiger partial charge < -0.3 is 15.4 Å². The number of pyridine rings is 1. The Kier molecular flexibility index (Phi) is 6.68. The van der Waals surface area contributed by atoms with E-state index in [0.29, 0.717) is 17.4 Å². The van der Waals surface area contributed by atoms with Crippen LogP contribution in [0.1, 0.15) is 73.9 Å². The Morgan fingerprint density at radius 1 is 1.14 bits per heavy atom. The number of amides is 1. The zero-order valence-electron chi connectivity index (χ0n) is 17.3. The second-order valence-corrected chi connectivity index (χ2v) is 8.02. The van der Waals surface area contributed by atoms with Gasteiger partial charge >= 0.3 is 0 Å². The lowest BCUT2D eigenvalue weighted by molar-refractivity contribution is 0.102. The van der Waals surface area contributed by atoms with Crippen molar-refractivity contribution in [3.63, 3.8) is 0 Å². The van der Waals surface area contributed by atoms with E-state index in [1.165, 1.54) is 0 Å². The molecule has 2 N–H and O–H groups in total. The fourth-order valence-corrected chi connectivity index (χ4v) is 3.54. The first kappa shape index (κ1) is 20.3. The molecule has 1 fully saturated rings. The minimum atomic E-state index is -0.131. The molecule has 1 unspecified atom stereocenters. The van der Waals surface area contributed by atoms with Gasteiger partial charge in [-0.3, -0.25) is 4.79 Å². The highest BCUT2D eigenvalue weighted by molar-refractivity contribution is 6.05. The molecule has 0 aliphatic carbocycles. The number of para-hydroxylation sites is 1. The van der Waals surface area contributed by atoms with Crippen molar-refractivity contribution in [3.05, 3.63) is 53.2 Å². The van der Waals surface area contributed by atoms with Crippen molar-refractivity contribution in [2.45, 2.75) is 58.5 Å². The number of nitrogens with zero attached hydrogens (tertiary/aromatic N) is 1. The van der Waals surface area contributed by atoms with E-state index in [4.69, 9.17) is 4.74 Å². The van der Waals surface area contributed by atoms with Gasteiger partial charge in [-0.2, -0.15) is 0 Å². The summed E-state index contributed by atoms with van der Waals surface area (Å²) >= 11 is 0. The topological polar surface area (TPSA) is 63.2 Å². The van der Waals surface area contributed by atoms with Crippen LogP contribution in [0.25, 0.3) is 0 Å². The number of rotatable bonds is 7. The van der Waals surface area contributed by atoms with E-state index >= 15 is 0 Å². The van der Waals surface area contributed by atoms with Gasteiger partial charge in [0.1, 0.15) is 5.82 Å². The highest BCUT2D eigenvalue weighted by Crippen LogP contribution is 2.32. The van der Waals surface area contributed by atoms with Crippen LogP contribution in [-0.2, 0) is 4.74 Å². The Morgan fingerprint density at radius 2 is 1.86 bits per heavy atom. The Morgan fingerprint density at radius 3 is 2.39 bits per heavy atom. The minimum absolute atomic E-state index is 0.131. The van der Waals surface area contributed by atoms with Gasteiger partial charge in [-0.1, -0.05) is 45.9 Å². The average Bonchev–Trinajstić information content (AvgIpc) is 3.20. The maximum Gasteiger partial charge on any atom is 0.257 e. The van der Waals surface area contributed by atoms with E-state index in [1.54, 1.807) is 6.20 Å². The van der Waals surface area contributed by atoms with Crippen molar-refractivity contribution in [3.8, 4) is 0 Å². The van der Waals surface area contributed by atoms with Crippen LogP contribution < -0.4 is 10.6 Å². The summed E-state index contributed by atoms with van der Waals surface area (Å²) in [5, 5.41) is 6.42. The van der Waals surface area contributed by atoms with E-state index < -0.39 is 0 Å². The third kappa shape index (κ3) is 4.90. The Balaban J connectivity index is 1.71. The number of ether oxygens (including phenoxy) is 1. The molecule has 1 saturated heterocycles. The molecule has 5 nitrogen and oxygen atoms in total. The predicted molar refractivity (Wildman–Crippen MR) is 114 cm³/mol. The SMILES string of the molecule is CC(C)c1cccc(C(C)C)c1NC(=O)c1ccc(NCC2CCCO2)nc1. The van der Waals surface area contributed by atoms with Gasteiger partial charge in [0, 0.05) is 25.0 Å². The lowest BCUT2D eigenvalue weighted by Gasteiger charge is -2.20. The molecule has 150 valence electrons. The smallest absolute Gasteiger partial charge is 0.257 e. The molecule has 1 aromatic heterocycles. The first-order valence-corrected chi connectivity index (χ1v) is 10.2. The number of anilines is 2. The monoisotopic (exact) mass is 381 g/mol. The van der Waals surface area contributed by atoms with Crippen molar-refractivity contribution in [1.82, 2.24) is 4.98 Å². The summed E-state index contributed by atoms with van der Waals surface area (Å²) in [4.78, 5) is 17.2. The van der Waals surface area contributed by atoms with Crippen LogP contribution in [0.3, 0.4) is 0 Å². The van der Waals surface area contributed by atoms with Gasteiger partial charge in [0.25, 0.3) is 5.91 Å². The average molecular weight is 382 g/mol. The van der Waals surface area contributed by atoms with E-state index in [2.05, 4.69) is 61.5 Å². The van der Waals surface area contributed by atoms with Crippen LogP contribution in [0.15, 0.2) is 36.5 Å². The molecular weight excluding hydrogens is 350 g/mol. The van der Waals surface area contributed by atoms with Crippen LogP contribution in [0.2, 0.25) is 0 Å². The fraction of sp³-hybridized carbons (Fsp3) is 0.478. The summed E-state index contributed by atoms with van der Waals surface area (Å²) in [6.45, 7) is 10.2. The molecule has 0 radical (unpaired) electrons. The Bertz CT molecular complexity index is 768. The molecule has 3 rings (SSSR count). The molecule has 28 heavy (non-hydrogen) atoms. The van der Waals surface area contributed by atoms with Crippen LogP contribution in [0.5, 0.6) is 0 Å². The van der Waals surface area contributed by atoms with Crippen LogP contribution >= 0.6 is 0 Å². The second-order valence-electron chi connectivity index (χ2n) is 8.02. The molecule has 0 saturated carbocycles. The summed E-state index contributed by atoms with van der Waals surface area (Å²) in [5.74, 6) is 1.29. The number of hydrogen-bond donors (Lipinski definition) is 2. The summed E-state index contributed by atoms with van der Waals surface area (Å²) in [6, 6.07) is 9.90. The number of aromatic nitrogens is 1. The molecule has 1 aliphatic rings. The van der Waals surface area contributed by atoms with Crippen LogP contribution in [0, 0.1) is 0 Å². The molecule has 0 spiro atoms. The Hall–Kier alpha value is -2.40. The highest BCUT2D eigenvalue weighted by atomic mass is 16.5. The largest absolute Gasteiger partial charge is 0.376 e. The molecule has 1 amide bonds. The van der Waals surface area contributed by atoms with E-state index in [-0.39, 0.29) is 12.0 Å². The number of nitrogens with one attached hydrogen (secondary N) is 2. The molecule has 1 aromatic carbocycles. The van der Waals surface area contributed by atoms with Gasteiger partial charge in [0.15, 0.2) is 0 Å². The highest BCUT2D eigenvalue weighted by Gasteiger charge is 2.18. The van der Waals surface area contributed by atoms with Crippen molar-refractivity contribution >= 4 is 17.4 Å². The summed E-state index contributed by atoms with van der Waals surface area (Å²) in [7, 11) is 0. The number of hydrogen-bond acceptors (Lipinski definition) is 4. The van der Waals surface area contributed by atoms with Gasteiger partial charge in [-0.25, -0.2) is 4.98 Å². The third-order valence-corrected chi connectivity index (χ3v) is 5.17. The molecule has 2 aromatic rings. The first-order chi connectivity index (χ1) is 13.5. The van der Waals surface area contributed by atoms with Crippen molar-refractivity contribution in [1.29, 1.82) is 0 Å². The zero-order valence-corrected chi connectivity index (χ0v) is 17.3. The maximum atomic E-state index is 12.9. The van der Waals surface area contributed by atoms with E-state index in [0.717, 1.165) is 48.6 Å². The normalized spacial score (nSPS) is 16.6. The van der Waals surface area contributed by atoms with Crippen molar-refractivity contribution in [2.24, 2.45) is 0 Å². The quantitative estimate of drug-likeness (QED) is 0.694. The van der Waals surface area contributed by atoms with Crippen molar-refractivity contribution in [2.75, 3.05) is 23.8 Å². The minimum Gasteiger partial charge on any atom is -0.376 e. The molecular formula is C23H31N3O2. The zero-order chi connectivity index (χ0) is 20.1. The van der Waals surface area contributed by atoms with Crippen LogP contribution in [-0.4, -0.2) is 30.1 Å². The predicted octanol–water partition coefficient (Wildman–Crippen LogP) is 5.17. The number of benzene rings is 1. The summed E-state index contributed by atoms with van der Waals surface area (Å²) < 4.78 is 5.61. The molecule has 0 bridgehead atoms. The van der Waals surface area contributed by atoms with Gasteiger partial charge in [-0.15, -0.1) is 0 Å². The van der Waals surface area contributed by atoms with Crippen molar-refractivity contribution < 1.29 is 9.53 Å². The van der Waals surface area contributed by atoms with Gasteiger partial charge in [0.05, 0.1) is 11.7 Å². The standard InChI is InChI=1S/C23H31N3O2/c1-15(2)19-8-5-9-20(16(3)4)22(19)26-23(27)17-10-11-21(24-13-17)25-14-18-7-6-12-28-18/h5,8-11,13,15-16,18H,6-7,12,14H2,1-4H3,(H,24,25)(H,26,27). The maximum absolute atomic E-state index is 12.9. The number of carbonyl (C=O) groups is 1. The molecule has 5 heteroatoms. The fourth-order valence-electron chi connectivity index (χ4n) is 3.54. The molecule has 1 atom stereocenters. The van der Waals surface area contributed by atoms with Crippen LogP contribution in [0.4, 0.5) is 11.5 Å². The molecule has 2 heterocycles. The number of carbonyl (C=O) groups excluding carboxylic acids is 1. The first-order valence-electron chi connectivity index (χ1n) is 10.2. The lowest BCUT2D eigenvalue weighted by atomic mass is 9.92. The summed E-state index contributed by atoms with van der Waals surface area (Å²) in [6.07, 6.45) is 4.09. The van der Waals surface area contributed by atoms with E-state index in [1.807, 2.05) is 12.1 Å². The second kappa shape index (κ2) is 9.20. The molecule has 1 aliphatic heterocycles.